The average Bonchev–Trinajstić information content (AvgIpc) is 2.98. The van der Waals surface area contributed by atoms with Gasteiger partial charge in [-0.25, -0.2) is 4.98 Å². The topological polar surface area (TPSA) is 68.2 Å². The van der Waals surface area contributed by atoms with Crippen LogP contribution in [0.5, 0.6) is 0 Å². The third-order valence-electron chi connectivity index (χ3n) is 3.05. The number of rotatable bonds is 6. The number of nitrogens with zero attached hydrogens (tertiary/aromatic N) is 3. The van der Waals surface area contributed by atoms with Gasteiger partial charge in [0.1, 0.15) is 0 Å². The number of aromatic nitrogens is 2. The number of halogens is 1. The average molecular weight is 399 g/mol. The molecule has 0 aliphatic rings. The van der Waals surface area contributed by atoms with Crippen LogP contribution in [-0.2, 0) is 13.0 Å². The van der Waals surface area contributed by atoms with Gasteiger partial charge in [0, 0.05) is 31.2 Å². The zero-order valence-electron chi connectivity index (χ0n) is 12.2. The zero-order valence-corrected chi connectivity index (χ0v) is 14.5. The lowest BCUT2D eigenvalue weighted by molar-refractivity contribution is 0.650. The van der Waals surface area contributed by atoms with Crippen molar-refractivity contribution >= 4 is 35.6 Å². The van der Waals surface area contributed by atoms with Crippen LogP contribution in [0.1, 0.15) is 18.9 Å². The molecule has 114 valence electrons. The van der Waals surface area contributed by atoms with Crippen LogP contribution < -0.4 is 11.1 Å². The Morgan fingerprint density at radius 1 is 1.33 bits per heavy atom. The molecule has 6 heteroatoms. The maximum Gasteiger partial charge on any atom is 0.193 e. The summed E-state index contributed by atoms with van der Waals surface area (Å²) in [5.41, 5.74) is 8.14. The van der Waals surface area contributed by atoms with Crippen molar-refractivity contribution in [3.8, 4) is 0 Å². The van der Waals surface area contributed by atoms with Crippen LogP contribution in [0.4, 0.5) is 5.69 Å². The highest BCUT2D eigenvalue weighted by Crippen LogP contribution is 2.09. The van der Waals surface area contributed by atoms with E-state index in [0.717, 1.165) is 25.1 Å². The van der Waals surface area contributed by atoms with Gasteiger partial charge >= 0.3 is 0 Å². The predicted octanol–water partition coefficient (Wildman–Crippen LogP) is 2.88. The fourth-order valence-electron chi connectivity index (χ4n) is 1.88. The van der Waals surface area contributed by atoms with Crippen LogP contribution >= 0.6 is 24.0 Å². The fraction of sp³-hybridized carbons (Fsp3) is 0.333. The second-order valence-electron chi connectivity index (χ2n) is 4.60. The van der Waals surface area contributed by atoms with E-state index in [-0.39, 0.29) is 24.0 Å². The number of aliphatic imine (C=N–C) groups is 1. The van der Waals surface area contributed by atoms with Gasteiger partial charge in [0.15, 0.2) is 5.96 Å². The zero-order chi connectivity index (χ0) is 14.2. The van der Waals surface area contributed by atoms with Crippen LogP contribution in [0.15, 0.2) is 48.0 Å². The Hall–Kier alpha value is -1.57. The number of nitrogens with one attached hydrogen (secondary N) is 1. The predicted molar refractivity (Wildman–Crippen MR) is 98.2 cm³/mol. The van der Waals surface area contributed by atoms with E-state index in [0.29, 0.717) is 12.5 Å². The summed E-state index contributed by atoms with van der Waals surface area (Å²) >= 11 is 0. The molecule has 5 nitrogen and oxygen atoms in total. The summed E-state index contributed by atoms with van der Waals surface area (Å²) in [4.78, 5) is 8.31. The van der Waals surface area contributed by atoms with Gasteiger partial charge in [0.05, 0.1) is 6.33 Å². The maximum atomic E-state index is 5.86. The standard InChI is InChI=1S/C15H21N5.HI/c1-2-13-4-6-14(7-5-13)19-15(16)18-8-3-10-20-11-9-17-12-20;/h4-7,9,11-12H,2-3,8,10H2,1H3,(H3,16,18,19);1H. The minimum atomic E-state index is 0. The van der Waals surface area contributed by atoms with Crippen molar-refractivity contribution in [1.82, 2.24) is 9.55 Å². The van der Waals surface area contributed by atoms with Crippen LogP contribution in [0.2, 0.25) is 0 Å². The molecule has 0 fully saturated rings. The normalized spacial score (nSPS) is 11.0. The van der Waals surface area contributed by atoms with E-state index in [1.165, 1.54) is 5.56 Å². The molecule has 0 saturated carbocycles. The molecule has 2 aromatic rings. The van der Waals surface area contributed by atoms with E-state index in [4.69, 9.17) is 5.73 Å². The molecule has 0 atom stereocenters. The number of anilines is 1. The van der Waals surface area contributed by atoms with Crippen LogP contribution in [0, 0.1) is 0 Å². The molecule has 21 heavy (non-hydrogen) atoms. The molecular formula is C15H22IN5. The van der Waals surface area contributed by atoms with Gasteiger partial charge in [0.25, 0.3) is 0 Å². The van der Waals surface area contributed by atoms with Gasteiger partial charge in [0.2, 0.25) is 0 Å². The lowest BCUT2D eigenvalue weighted by Crippen LogP contribution is -2.23. The summed E-state index contributed by atoms with van der Waals surface area (Å²) < 4.78 is 2.03. The summed E-state index contributed by atoms with van der Waals surface area (Å²) in [5, 5.41) is 3.10. The second-order valence-corrected chi connectivity index (χ2v) is 4.60. The van der Waals surface area contributed by atoms with Crippen molar-refractivity contribution in [3.63, 3.8) is 0 Å². The molecular weight excluding hydrogens is 377 g/mol. The van der Waals surface area contributed by atoms with Crippen molar-refractivity contribution in [1.29, 1.82) is 0 Å². The summed E-state index contributed by atoms with van der Waals surface area (Å²) in [6, 6.07) is 8.22. The molecule has 1 aromatic heterocycles. The SMILES string of the molecule is CCc1ccc(NC(N)=NCCCn2ccnc2)cc1.I. The van der Waals surface area contributed by atoms with E-state index in [2.05, 4.69) is 34.3 Å². The quantitative estimate of drug-likeness (QED) is 0.340. The molecule has 0 radical (unpaired) electrons. The van der Waals surface area contributed by atoms with Crippen molar-refractivity contribution in [2.45, 2.75) is 26.3 Å². The third kappa shape index (κ3) is 6.16. The molecule has 0 unspecified atom stereocenters. The van der Waals surface area contributed by atoms with Gasteiger partial charge < -0.3 is 15.6 Å². The molecule has 0 aliphatic heterocycles. The Labute approximate surface area is 142 Å². The van der Waals surface area contributed by atoms with Gasteiger partial charge in [-0.15, -0.1) is 24.0 Å². The monoisotopic (exact) mass is 399 g/mol. The molecule has 2 rings (SSSR count). The summed E-state index contributed by atoms with van der Waals surface area (Å²) in [5.74, 6) is 0.458. The molecule has 0 amide bonds. The number of guanidine groups is 1. The Morgan fingerprint density at radius 3 is 2.71 bits per heavy atom. The summed E-state index contributed by atoms with van der Waals surface area (Å²) in [7, 11) is 0. The highest BCUT2D eigenvalue weighted by atomic mass is 127. The van der Waals surface area contributed by atoms with Crippen molar-refractivity contribution in [2.75, 3.05) is 11.9 Å². The third-order valence-corrected chi connectivity index (χ3v) is 3.05. The van der Waals surface area contributed by atoms with Crippen LogP contribution in [0.3, 0.4) is 0 Å². The van der Waals surface area contributed by atoms with E-state index in [1.54, 1.807) is 12.5 Å². The lowest BCUT2D eigenvalue weighted by atomic mass is 10.1. The first-order valence-corrected chi connectivity index (χ1v) is 6.89. The first-order chi connectivity index (χ1) is 9.78. The van der Waals surface area contributed by atoms with E-state index < -0.39 is 0 Å². The van der Waals surface area contributed by atoms with E-state index in [1.807, 2.05) is 22.9 Å². The number of aryl methyl sites for hydroxylation is 2. The van der Waals surface area contributed by atoms with Gasteiger partial charge in [-0.3, -0.25) is 4.99 Å². The van der Waals surface area contributed by atoms with Crippen LogP contribution in [0.25, 0.3) is 0 Å². The minimum Gasteiger partial charge on any atom is -0.370 e. The second kappa shape index (κ2) is 9.38. The molecule has 3 N–H and O–H groups in total. The molecule has 0 spiro atoms. The number of nitrogens with two attached hydrogens (primary N) is 1. The first kappa shape index (κ1) is 17.5. The maximum absolute atomic E-state index is 5.86. The van der Waals surface area contributed by atoms with Gasteiger partial charge in [-0.2, -0.15) is 0 Å². The summed E-state index contributed by atoms with van der Waals surface area (Å²) in [6.07, 6.45) is 7.51. The van der Waals surface area contributed by atoms with E-state index >= 15 is 0 Å². The number of hydrogen-bond acceptors (Lipinski definition) is 2. The van der Waals surface area contributed by atoms with Gasteiger partial charge in [-0.05, 0) is 30.5 Å². The van der Waals surface area contributed by atoms with Gasteiger partial charge in [-0.1, -0.05) is 19.1 Å². The Balaban J connectivity index is 0.00000220. The molecule has 0 bridgehead atoms. The lowest BCUT2D eigenvalue weighted by Gasteiger charge is -2.06. The smallest absolute Gasteiger partial charge is 0.193 e. The first-order valence-electron chi connectivity index (χ1n) is 6.89. The molecule has 0 saturated heterocycles. The van der Waals surface area contributed by atoms with E-state index in [9.17, 15) is 0 Å². The number of imidazole rings is 1. The van der Waals surface area contributed by atoms with Crippen molar-refractivity contribution < 1.29 is 0 Å². The molecule has 1 heterocycles. The Bertz CT molecular complexity index is 534. The van der Waals surface area contributed by atoms with Crippen molar-refractivity contribution in [2.24, 2.45) is 10.7 Å². The number of benzene rings is 1. The Kier molecular flexibility index (Phi) is 7.81. The fourth-order valence-corrected chi connectivity index (χ4v) is 1.88. The Morgan fingerprint density at radius 2 is 2.10 bits per heavy atom. The van der Waals surface area contributed by atoms with Crippen LogP contribution in [-0.4, -0.2) is 22.1 Å². The largest absolute Gasteiger partial charge is 0.370 e. The number of hydrogen-bond donors (Lipinski definition) is 2. The summed E-state index contributed by atoms with van der Waals surface area (Å²) in [6.45, 7) is 3.74. The highest BCUT2D eigenvalue weighted by molar-refractivity contribution is 14.0. The minimum absolute atomic E-state index is 0. The highest BCUT2D eigenvalue weighted by Gasteiger charge is 1.96. The molecule has 1 aromatic carbocycles. The van der Waals surface area contributed by atoms with Crippen molar-refractivity contribution in [3.05, 3.63) is 48.5 Å². The molecule has 0 aliphatic carbocycles.